The highest BCUT2D eigenvalue weighted by molar-refractivity contribution is 5.88. The van der Waals surface area contributed by atoms with Crippen LogP contribution in [0, 0.1) is 5.92 Å². The zero-order valence-corrected chi connectivity index (χ0v) is 9.76. The molecule has 1 rings (SSSR count). The van der Waals surface area contributed by atoms with Gasteiger partial charge in [0.05, 0.1) is 6.61 Å². The molecule has 1 atom stereocenters. The van der Waals surface area contributed by atoms with Crippen LogP contribution in [0.25, 0.3) is 0 Å². The minimum absolute atomic E-state index is 0.197. The lowest BCUT2D eigenvalue weighted by molar-refractivity contribution is -0.143. The van der Waals surface area contributed by atoms with E-state index in [1.165, 1.54) is 38.5 Å². The number of carbonyl (C=O) groups is 1. The smallest absolute Gasteiger partial charge is 0.333 e. The fourth-order valence-electron chi connectivity index (χ4n) is 2.01. The summed E-state index contributed by atoms with van der Waals surface area (Å²) >= 11 is 0. The SMILES string of the molecule is C=C1CC(CCCCCCC)COC1=O. The van der Waals surface area contributed by atoms with Gasteiger partial charge in [0.15, 0.2) is 0 Å². The second-order valence-electron chi connectivity index (χ2n) is 4.48. The van der Waals surface area contributed by atoms with Crippen LogP contribution in [0.2, 0.25) is 0 Å². The van der Waals surface area contributed by atoms with Crippen molar-refractivity contribution in [2.75, 3.05) is 6.61 Å². The molecule has 0 radical (unpaired) electrons. The molecule has 15 heavy (non-hydrogen) atoms. The van der Waals surface area contributed by atoms with Gasteiger partial charge in [-0.1, -0.05) is 45.6 Å². The minimum atomic E-state index is -0.197. The fourth-order valence-corrected chi connectivity index (χ4v) is 2.01. The van der Waals surface area contributed by atoms with E-state index in [-0.39, 0.29) is 5.97 Å². The average molecular weight is 210 g/mol. The molecule has 0 saturated carbocycles. The third kappa shape index (κ3) is 4.50. The van der Waals surface area contributed by atoms with Crippen molar-refractivity contribution in [2.45, 2.75) is 51.9 Å². The van der Waals surface area contributed by atoms with Gasteiger partial charge in [-0.25, -0.2) is 4.79 Å². The van der Waals surface area contributed by atoms with Crippen molar-refractivity contribution in [3.05, 3.63) is 12.2 Å². The van der Waals surface area contributed by atoms with Crippen LogP contribution in [0.1, 0.15) is 51.9 Å². The molecule has 0 N–H and O–H groups in total. The van der Waals surface area contributed by atoms with Crippen molar-refractivity contribution in [3.63, 3.8) is 0 Å². The van der Waals surface area contributed by atoms with Gasteiger partial charge < -0.3 is 4.74 Å². The summed E-state index contributed by atoms with van der Waals surface area (Å²) in [5.74, 6) is 0.328. The van der Waals surface area contributed by atoms with Crippen molar-refractivity contribution in [1.29, 1.82) is 0 Å². The van der Waals surface area contributed by atoms with E-state index >= 15 is 0 Å². The number of rotatable bonds is 6. The molecule has 0 aliphatic carbocycles. The maximum Gasteiger partial charge on any atom is 0.333 e. The van der Waals surface area contributed by atoms with Gasteiger partial charge in [0, 0.05) is 5.57 Å². The first-order chi connectivity index (χ1) is 7.24. The van der Waals surface area contributed by atoms with Crippen LogP contribution in [0.15, 0.2) is 12.2 Å². The first kappa shape index (κ1) is 12.3. The first-order valence-corrected chi connectivity index (χ1v) is 6.09. The first-order valence-electron chi connectivity index (χ1n) is 6.09. The van der Waals surface area contributed by atoms with E-state index in [0.717, 1.165) is 6.42 Å². The normalized spacial score (nSPS) is 21.5. The van der Waals surface area contributed by atoms with E-state index in [1.54, 1.807) is 0 Å². The predicted molar refractivity (Wildman–Crippen MR) is 61.6 cm³/mol. The molecule has 1 aliphatic heterocycles. The van der Waals surface area contributed by atoms with E-state index in [9.17, 15) is 4.79 Å². The van der Waals surface area contributed by atoms with Crippen LogP contribution in [0.4, 0.5) is 0 Å². The molecule has 0 aromatic carbocycles. The Morgan fingerprint density at radius 3 is 2.73 bits per heavy atom. The Morgan fingerprint density at radius 1 is 1.33 bits per heavy atom. The summed E-state index contributed by atoms with van der Waals surface area (Å²) in [5, 5.41) is 0. The molecular weight excluding hydrogens is 188 g/mol. The topological polar surface area (TPSA) is 26.3 Å². The van der Waals surface area contributed by atoms with E-state index in [4.69, 9.17) is 4.74 Å². The lowest BCUT2D eigenvalue weighted by Crippen LogP contribution is -2.23. The maximum absolute atomic E-state index is 11.0. The monoisotopic (exact) mass is 210 g/mol. The van der Waals surface area contributed by atoms with Gasteiger partial charge in [0.2, 0.25) is 0 Å². The van der Waals surface area contributed by atoms with Gasteiger partial charge in [0.1, 0.15) is 0 Å². The van der Waals surface area contributed by atoms with Gasteiger partial charge in [-0.15, -0.1) is 0 Å². The molecule has 1 unspecified atom stereocenters. The molecule has 2 heteroatoms. The number of hydrogen-bond acceptors (Lipinski definition) is 2. The van der Waals surface area contributed by atoms with Crippen LogP contribution in [-0.2, 0) is 9.53 Å². The quantitative estimate of drug-likeness (QED) is 0.381. The zero-order chi connectivity index (χ0) is 11.1. The largest absolute Gasteiger partial charge is 0.462 e. The van der Waals surface area contributed by atoms with Crippen LogP contribution in [-0.4, -0.2) is 12.6 Å². The summed E-state index contributed by atoms with van der Waals surface area (Å²) in [6, 6.07) is 0. The van der Waals surface area contributed by atoms with Crippen LogP contribution in [0.3, 0.4) is 0 Å². The number of ether oxygens (including phenoxy) is 1. The van der Waals surface area contributed by atoms with Crippen molar-refractivity contribution in [1.82, 2.24) is 0 Å². The lowest BCUT2D eigenvalue weighted by atomic mass is 9.93. The zero-order valence-electron chi connectivity index (χ0n) is 9.76. The van der Waals surface area contributed by atoms with Crippen LogP contribution < -0.4 is 0 Å². The van der Waals surface area contributed by atoms with Crippen molar-refractivity contribution in [2.24, 2.45) is 5.92 Å². The standard InChI is InChI=1S/C13H22O2/c1-3-4-5-6-7-8-12-9-11(2)13(14)15-10-12/h12H,2-10H2,1H3. The van der Waals surface area contributed by atoms with Crippen LogP contribution >= 0.6 is 0 Å². The molecule has 1 saturated heterocycles. The van der Waals surface area contributed by atoms with Crippen molar-refractivity contribution < 1.29 is 9.53 Å². The molecular formula is C13H22O2. The Labute approximate surface area is 92.7 Å². The minimum Gasteiger partial charge on any atom is -0.462 e. The summed E-state index contributed by atoms with van der Waals surface area (Å²) in [6.45, 7) is 6.56. The van der Waals surface area contributed by atoms with Gasteiger partial charge in [-0.2, -0.15) is 0 Å². The van der Waals surface area contributed by atoms with Gasteiger partial charge >= 0.3 is 5.97 Å². The number of unbranched alkanes of at least 4 members (excludes halogenated alkanes) is 4. The molecule has 0 aromatic heterocycles. The summed E-state index contributed by atoms with van der Waals surface area (Å²) in [5.41, 5.74) is 0.653. The van der Waals surface area contributed by atoms with E-state index in [2.05, 4.69) is 13.5 Å². The fraction of sp³-hybridized carbons (Fsp3) is 0.769. The predicted octanol–water partition coefficient (Wildman–Crippen LogP) is 3.47. The average Bonchev–Trinajstić information content (AvgIpc) is 2.23. The van der Waals surface area contributed by atoms with E-state index in [0.29, 0.717) is 18.1 Å². The Balaban J connectivity index is 2.07. The summed E-state index contributed by atoms with van der Waals surface area (Å²) in [6.07, 6.45) is 8.55. The molecule has 1 fully saturated rings. The summed E-state index contributed by atoms with van der Waals surface area (Å²) < 4.78 is 5.04. The third-order valence-corrected chi connectivity index (χ3v) is 2.99. The second-order valence-corrected chi connectivity index (χ2v) is 4.48. The summed E-state index contributed by atoms with van der Waals surface area (Å²) in [7, 11) is 0. The van der Waals surface area contributed by atoms with Gasteiger partial charge in [0.25, 0.3) is 0 Å². The highest BCUT2D eigenvalue weighted by Gasteiger charge is 2.22. The number of esters is 1. The third-order valence-electron chi connectivity index (χ3n) is 2.99. The number of hydrogen-bond donors (Lipinski definition) is 0. The number of carbonyl (C=O) groups excluding carboxylic acids is 1. The Morgan fingerprint density at radius 2 is 2.07 bits per heavy atom. The Kier molecular flexibility index (Phi) is 5.44. The van der Waals surface area contributed by atoms with E-state index < -0.39 is 0 Å². The second kappa shape index (κ2) is 6.65. The maximum atomic E-state index is 11.0. The molecule has 2 nitrogen and oxygen atoms in total. The Bertz CT molecular complexity index is 221. The highest BCUT2D eigenvalue weighted by Crippen LogP contribution is 2.23. The van der Waals surface area contributed by atoms with Gasteiger partial charge in [-0.05, 0) is 18.8 Å². The van der Waals surface area contributed by atoms with Crippen molar-refractivity contribution in [3.8, 4) is 0 Å². The van der Waals surface area contributed by atoms with Crippen molar-refractivity contribution >= 4 is 5.97 Å². The van der Waals surface area contributed by atoms with Gasteiger partial charge in [-0.3, -0.25) is 0 Å². The summed E-state index contributed by atoms with van der Waals surface area (Å²) in [4.78, 5) is 11.0. The molecule has 1 aliphatic rings. The molecule has 1 heterocycles. The van der Waals surface area contributed by atoms with Crippen LogP contribution in [0.5, 0.6) is 0 Å². The Hall–Kier alpha value is -0.790. The number of cyclic esters (lactones) is 1. The molecule has 0 bridgehead atoms. The molecule has 0 aromatic rings. The highest BCUT2D eigenvalue weighted by atomic mass is 16.5. The molecule has 0 amide bonds. The van der Waals surface area contributed by atoms with E-state index in [1.807, 2.05) is 0 Å². The molecule has 0 spiro atoms. The lowest BCUT2D eigenvalue weighted by Gasteiger charge is -2.22. The molecule has 86 valence electrons.